The number of anilines is 1. The predicted molar refractivity (Wildman–Crippen MR) is 56.3 cm³/mol. The first-order valence-corrected chi connectivity index (χ1v) is 4.54. The molecule has 0 saturated carbocycles. The van der Waals surface area contributed by atoms with Crippen molar-refractivity contribution in [2.45, 2.75) is 19.1 Å². The fraction of sp³-hybridized carbons (Fsp3) is 0.571. The lowest BCUT2D eigenvalue weighted by molar-refractivity contribution is 0.0509. The zero-order chi connectivity index (χ0) is 11.5. The number of nitrogen functional groups attached to an aromatic ring is 1. The van der Waals surface area contributed by atoms with Gasteiger partial charge in [0, 0.05) is 11.1 Å². The molecule has 0 aliphatic carbocycles. The number of hydrogen-bond acceptors (Lipinski definition) is 4. The van der Waals surface area contributed by atoms with Crippen LogP contribution >= 0.6 is 11.6 Å². The van der Waals surface area contributed by atoms with Crippen molar-refractivity contribution in [1.29, 1.82) is 0 Å². The first kappa shape index (κ1) is 11.6. The maximum Gasteiger partial charge on any atom is 0.204 e. The minimum absolute atomic E-state index is 0.0437. The Morgan fingerprint density at radius 2 is 2.53 bits per heavy atom. The van der Waals surface area contributed by atoms with E-state index in [1.807, 2.05) is 0 Å². The molecular weight excluding hydrogens is 220 g/mol. The third kappa shape index (κ3) is 3.32. The van der Waals surface area contributed by atoms with E-state index in [9.17, 15) is 5.11 Å². The molecule has 0 bridgehead atoms. The molecule has 3 N–H and O–H groups in total. The molecule has 0 amide bonds. The van der Waals surface area contributed by atoms with Gasteiger partial charge in [0.1, 0.15) is 5.82 Å². The van der Waals surface area contributed by atoms with Gasteiger partial charge in [-0.2, -0.15) is 0 Å². The number of aliphatic hydroxyl groups is 1. The number of azide groups is 1. The highest BCUT2D eigenvalue weighted by Crippen LogP contribution is 2.15. The summed E-state index contributed by atoms with van der Waals surface area (Å²) < 4.78 is 1.49. The number of halogens is 1. The van der Waals surface area contributed by atoms with Gasteiger partial charge in [0.25, 0.3) is 0 Å². The average Bonchev–Trinajstić information content (AvgIpc) is 2.41. The van der Waals surface area contributed by atoms with E-state index in [1.54, 1.807) is 0 Å². The molecule has 0 aliphatic rings. The highest BCUT2D eigenvalue weighted by Gasteiger charge is 2.21. The summed E-state index contributed by atoms with van der Waals surface area (Å²) in [6.45, 7) is 1.65. The van der Waals surface area contributed by atoms with E-state index >= 15 is 0 Å². The Morgan fingerprint density at radius 1 is 1.87 bits per heavy atom. The van der Waals surface area contributed by atoms with E-state index in [0.717, 1.165) is 0 Å². The number of aromatic nitrogens is 2. The Labute approximate surface area is 91.1 Å². The summed E-state index contributed by atoms with van der Waals surface area (Å²) in [5.74, 6) is 0.277. The van der Waals surface area contributed by atoms with Crippen molar-refractivity contribution in [2.75, 3.05) is 12.3 Å². The van der Waals surface area contributed by atoms with Gasteiger partial charge in [0.05, 0.1) is 18.7 Å². The minimum Gasteiger partial charge on any atom is -0.388 e. The molecule has 1 rings (SSSR count). The molecule has 1 atom stereocenters. The summed E-state index contributed by atoms with van der Waals surface area (Å²) in [5.41, 5.74) is 12.4. The molecule has 82 valence electrons. The highest BCUT2D eigenvalue weighted by molar-refractivity contribution is 6.28. The largest absolute Gasteiger partial charge is 0.388 e. The van der Waals surface area contributed by atoms with E-state index in [4.69, 9.17) is 22.9 Å². The first-order chi connectivity index (χ1) is 6.94. The van der Waals surface area contributed by atoms with Crippen molar-refractivity contribution in [3.63, 3.8) is 0 Å². The van der Waals surface area contributed by atoms with Gasteiger partial charge in [-0.3, -0.25) is 0 Å². The maximum absolute atomic E-state index is 9.82. The van der Waals surface area contributed by atoms with Crippen LogP contribution in [0, 0.1) is 0 Å². The second-order valence-corrected chi connectivity index (χ2v) is 3.79. The lowest BCUT2D eigenvalue weighted by atomic mass is 10.1. The van der Waals surface area contributed by atoms with Gasteiger partial charge in [-0.1, -0.05) is 5.11 Å². The molecule has 0 spiro atoms. The van der Waals surface area contributed by atoms with E-state index in [2.05, 4.69) is 15.0 Å². The second kappa shape index (κ2) is 4.39. The number of nitrogens with two attached hydrogens (primary N) is 1. The Bertz CT molecular complexity index is 394. The molecule has 1 aromatic rings. The van der Waals surface area contributed by atoms with Crippen molar-refractivity contribution in [2.24, 2.45) is 5.11 Å². The number of imidazole rings is 1. The van der Waals surface area contributed by atoms with Gasteiger partial charge in [0.15, 0.2) is 0 Å². The van der Waals surface area contributed by atoms with Gasteiger partial charge < -0.3 is 15.4 Å². The van der Waals surface area contributed by atoms with Crippen LogP contribution in [-0.2, 0) is 6.54 Å². The summed E-state index contributed by atoms with van der Waals surface area (Å²) in [7, 11) is 0. The van der Waals surface area contributed by atoms with Crippen molar-refractivity contribution in [1.82, 2.24) is 9.55 Å². The molecular formula is C7H11ClN6O. The number of nitrogens with zero attached hydrogens (tertiary/aromatic N) is 5. The molecule has 1 aromatic heterocycles. The normalized spacial score (nSPS) is 14.3. The smallest absolute Gasteiger partial charge is 0.204 e. The van der Waals surface area contributed by atoms with Crippen LogP contribution in [0.3, 0.4) is 0 Å². The fourth-order valence-electron chi connectivity index (χ4n) is 1.12. The lowest BCUT2D eigenvalue weighted by Gasteiger charge is -2.21. The van der Waals surface area contributed by atoms with E-state index in [-0.39, 0.29) is 24.2 Å². The zero-order valence-electron chi connectivity index (χ0n) is 8.13. The van der Waals surface area contributed by atoms with Crippen LogP contribution in [-0.4, -0.2) is 26.8 Å². The van der Waals surface area contributed by atoms with Gasteiger partial charge >= 0.3 is 0 Å². The van der Waals surface area contributed by atoms with Crippen LogP contribution in [0.4, 0.5) is 5.82 Å². The van der Waals surface area contributed by atoms with Gasteiger partial charge in [-0.05, 0) is 24.1 Å². The molecule has 0 fully saturated rings. The highest BCUT2D eigenvalue weighted by atomic mass is 35.5. The topological polar surface area (TPSA) is 113 Å². The second-order valence-electron chi connectivity index (χ2n) is 3.45. The van der Waals surface area contributed by atoms with Crippen molar-refractivity contribution < 1.29 is 5.11 Å². The number of hydrogen-bond donors (Lipinski definition) is 2. The molecule has 0 saturated heterocycles. The summed E-state index contributed by atoms with van der Waals surface area (Å²) in [4.78, 5) is 6.34. The summed E-state index contributed by atoms with van der Waals surface area (Å²) >= 11 is 5.74. The quantitative estimate of drug-likeness (QED) is 0.460. The lowest BCUT2D eigenvalue weighted by Crippen LogP contribution is -2.33. The molecule has 0 radical (unpaired) electrons. The zero-order valence-corrected chi connectivity index (χ0v) is 8.89. The Morgan fingerprint density at radius 3 is 3.00 bits per heavy atom. The van der Waals surface area contributed by atoms with Crippen LogP contribution in [0.15, 0.2) is 11.3 Å². The third-order valence-electron chi connectivity index (χ3n) is 1.73. The molecule has 7 nitrogen and oxygen atoms in total. The van der Waals surface area contributed by atoms with Gasteiger partial charge in [0.2, 0.25) is 5.28 Å². The SMILES string of the molecule is C[C@](O)(CN=[N+]=[N-])Cn1cc(N)nc1Cl. The molecule has 8 heteroatoms. The third-order valence-corrected chi connectivity index (χ3v) is 2.03. The fourth-order valence-corrected chi connectivity index (χ4v) is 1.33. The van der Waals surface area contributed by atoms with Crippen molar-refractivity contribution in [3.8, 4) is 0 Å². The number of rotatable bonds is 4. The van der Waals surface area contributed by atoms with Crippen molar-refractivity contribution >= 4 is 17.4 Å². The monoisotopic (exact) mass is 230 g/mol. The summed E-state index contributed by atoms with van der Waals surface area (Å²) in [5, 5.41) is 13.3. The van der Waals surface area contributed by atoms with Gasteiger partial charge in [-0.15, -0.1) is 0 Å². The molecule has 15 heavy (non-hydrogen) atoms. The predicted octanol–water partition coefficient (Wildman–Crippen LogP) is 1.18. The van der Waals surface area contributed by atoms with E-state index < -0.39 is 5.60 Å². The van der Waals surface area contributed by atoms with Gasteiger partial charge in [-0.25, -0.2) is 4.98 Å². The molecule has 0 aliphatic heterocycles. The van der Waals surface area contributed by atoms with Crippen LogP contribution in [0.1, 0.15) is 6.92 Å². The van der Waals surface area contributed by atoms with E-state index in [0.29, 0.717) is 0 Å². The average molecular weight is 231 g/mol. The first-order valence-electron chi connectivity index (χ1n) is 4.16. The van der Waals surface area contributed by atoms with Crippen LogP contribution < -0.4 is 5.73 Å². The molecule has 0 unspecified atom stereocenters. The van der Waals surface area contributed by atoms with Crippen LogP contribution in [0.5, 0.6) is 0 Å². The standard InChI is InChI=1S/C7H11ClN6O/c1-7(15,3-11-13-10)4-14-2-5(9)12-6(14)8/h2,15H,3-4,9H2,1H3/t7-/m0/s1. The Kier molecular flexibility index (Phi) is 3.41. The summed E-state index contributed by atoms with van der Waals surface area (Å²) in [6, 6.07) is 0. The summed E-state index contributed by atoms with van der Waals surface area (Å²) in [6.07, 6.45) is 1.51. The molecule has 0 aromatic carbocycles. The van der Waals surface area contributed by atoms with Crippen molar-refractivity contribution in [3.05, 3.63) is 21.9 Å². The van der Waals surface area contributed by atoms with E-state index in [1.165, 1.54) is 17.7 Å². The van der Waals surface area contributed by atoms with Crippen LogP contribution in [0.25, 0.3) is 10.4 Å². The Hall–Kier alpha value is -1.43. The Balaban J connectivity index is 2.76. The minimum atomic E-state index is -1.18. The maximum atomic E-state index is 9.82. The van der Waals surface area contributed by atoms with Crippen LogP contribution in [0.2, 0.25) is 5.28 Å². The molecule has 1 heterocycles.